The second-order valence-electron chi connectivity index (χ2n) is 1.79. The molecule has 0 aromatic heterocycles. The van der Waals surface area contributed by atoms with Gasteiger partial charge in [0.1, 0.15) is 0 Å². The summed E-state index contributed by atoms with van der Waals surface area (Å²) in [4.78, 5) is 10.3. The zero-order valence-corrected chi connectivity index (χ0v) is 5.58. The summed E-state index contributed by atoms with van der Waals surface area (Å²) < 4.78 is 0. The van der Waals surface area contributed by atoms with Gasteiger partial charge in [0.25, 0.3) is 0 Å². The van der Waals surface area contributed by atoms with Crippen molar-refractivity contribution >= 4 is 5.97 Å². The predicted octanol–water partition coefficient (Wildman–Crippen LogP) is 1.41. The molecular weight excluding hydrogens is 128 g/mol. The summed E-state index contributed by atoms with van der Waals surface area (Å²) in [5.74, 6) is -1.43. The molecule has 0 rings (SSSR count). The first-order chi connectivity index (χ1) is 4.72. The highest BCUT2D eigenvalue weighted by Gasteiger charge is 2.09. The number of hydrogen-bond donors (Lipinski definition) is 1. The van der Waals surface area contributed by atoms with Crippen LogP contribution in [0.25, 0.3) is 0 Å². The summed E-state index contributed by atoms with van der Waals surface area (Å²) in [6.45, 7) is 8.26. The van der Waals surface area contributed by atoms with Crippen molar-refractivity contribution in [3.63, 3.8) is 0 Å². The molecule has 0 aliphatic rings. The van der Waals surface area contributed by atoms with Gasteiger partial charge in [0.2, 0.25) is 0 Å². The molecule has 0 spiro atoms. The Kier molecular flexibility index (Phi) is 4.01. The Morgan fingerprint density at radius 3 is 2.80 bits per heavy atom. The molecule has 1 N–H and O–H groups in total. The van der Waals surface area contributed by atoms with Crippen molar-refractivity contribution < 1.29 is 9.90 Å². The van der Waals surface area contributed by atoms with Gasteiger partial charge in [-0.05, 0) is 19.1 Å². The number of carboxylic acids is 1. The molecule has 0 fully saturated rings. The number of aliphatic carboxylic acids is 1. The van der Waals surface area contributed by atoms with Crippen LogP contribution in [0.2, 0.25) is 0 Å². The van der Waals surface area contributed by atoms with Crippen LogP contribution in [-0.2, 0) is 4.79 Å². The van der Waals surface area contributed by atoms with Gasteiger partial charge in [0.05, 0.1) is 5.92 Å². The second-order valence-corrected chi connectivity index (χ2v) is 1.79. The van der Waals surface area contributed by atoms with Crippen LogP contribution in [0.1, 0.15) is 6.42 Å². The van der Waals surface area contributed by atoms with Crippen LogP contribution < -0.4 is 0 Å². The number of allylic oxidation sites excluding steroid dienone is 1. The van der Waals surface area contributed by atoms with Gasteiger partial charge < -0.3 is 5.11 Å². The van der Waals surface area contributed by atoms with E-state index in [1.165, 1.54) is 12.2 Å². The molecule has 0 saturated heterocycles. The summed E-state index contributed by atoms with van der Waals surface area (Å²) in [6, 6.07) is 0. The highest BCUT2D eigenvalue weighted by Crippen LogP contribution is 2.03. The van der Waals surface area contributed by atoms with Crippen LogP contribution >= 0.6 is 0 Å². The smallest absolute Gasteiger partial charge is 0.310 e. The van der Waals surface area contributed by atoms with Crippen LogP contribution in [0.3, 0.4) is 0 Å². The first kappa shape index (κ1) is 8.73. The molecule has 1 radical (unpaired) electrons. The largest absolute Gasteiger partial charge is 0.481 e. The third-order valence-corrected chi connectivity index (χ3v) is 1.09. The monoisotopic (exact) mass is 137 g/mol. The Morgan fingerprint density at radius 2 is 2.50 bits per heavy atom. The topological polar surface area (TPSA) is 37.3 Å². The number of hydrogen-bond acceptors (Lipinski definition) is 1. The van der Waals surface area contributed by atoms with E-state index >= 15 is 0 Å². The normalized spacial score (nSPS) is 11.2. The minimum Gasteiger partial charge on any atom is -0.481 e. The number of carbonyl (C=O) groups is 1. The molecule has 0 amide bonds. The maximum Gasteiger partial charge on any atom is 0.310 e. The van der Waals surface area contributed by atoms with Crippen molar-refractivity contribution in [3.8, 4) is 0 Å². The summed E-state index contributed by atoms with van der Waals surface area (Å²) in [6.07, 6.45) is 3.20. The summed E-state index contributed by atoms with van der Waals surface area (Å²) >= 11 is 0. The van der Waals surface area contributed by atoms with Crippen molar-refractivity contribution in [2.75, 3.05) is 0 Å². The molecule has 1 atom stereocenters. The average molecular weight is 137 g/mol. The van der Waals surface area contributed by atoms with Crippen LogP contribution in [0.4, 0.5) is 0 Å². The van der Waals surface area contributed by atoms with Gasteiger partial charge in [0.15, 0.2) is 0 Å². The van der Waals surface area contributed by atoms with Crippen LogP contribution in [0.5, 0.6) is 0 Å². The first-order valence-corrected chi connectivity index (χ1v) is 2.85. The maximum atomic E-state index is 10.3. The lowest BCUT2D eigenvalue weighted by Gasteiger charge is -1.99. The Hall–Kier alpha value is -1.27. The highest BCUT2D eigenvalue weighted by molar-refractivity contribution is 5.72. The fourth-order valence-electron chi connectivity index (χ4n) is 0.493. The quantitative estimate of drug-likeness (QED) is 0.470. The van der Waals surface area contributed by atoms with E-state index in [1.54, 1.807) is 0 Å². The summed E-state index contributed by atoms with van der Waals surface area (Å²) in [5.41, 5.74) is 2.25. The molecule has 0 aliphatic carbocycles. The molecule has 0 saturated carbocycles. The van der Waals surface area contributed by atoms with E-state index in [-0.39, 0.29) is 0 Å². The molecule has 10 heavy (non-hydrogen) atoms. The second kappa shape index (κ2) is 4.59. The zero-order valence-electron chi connectivity index (χ0n) is 5.58. The lowest BCUT2D eigenvalue weighted by atomic mass is 10.1. The molecule has 2 heteroatoms. The first-order valence-electron chi connectivity index (χ1n) is 2.85. The SMILES string of the molecule is [CH]=C=CCC(C=C)C(=O)O. The fraction of sp³-hybridized carbons (Fsp3) is 0.250. The van der Waals surface area contributed by atoms with Crippen molar-refractivity contribution in [2.45, 2.75) is 6.42 Å². The molecular formula is C8H9O2. The van der Waals surface area contributed by atoms with E-state index in [1.807, 2.05) is 0 Å². The van der Waals surface area contributed by atoms with Gasteiger partial charge in [-0.25, -0.2) is 0 Å². The minimum absolute atomic E-state index is 0.356. The predicted molar refractivity (Wildman–Crippen MR) is 38.3 cm³/mol. The third kappa shape index (κ3) is 2.90. The molecule has 1 unspecified atom stereocenters. The van der Waals surface area contributed by atoms with E-state index in [2.05, 4.69) is 12.3 Å². The molecule has 2 nitrogen and oxygen atoms in total. The van der Waals surface area contributed by atoms with Gasteiger partial charge in [-0.1, -0.05) is 6.08 Å². The van der Waals surface area contributed by atoms with E-state index in [0.717, 1.165) is 0 Å². The molecule has 53 valence electrons. The molecule has 0 bridgehead atoms. The van der Waals surface area contributed by atoms with Gasteiger partial charge >= 0.3 is 5.97 Å². The number of rotatable bonds is 4. The lowest BCUT2D eigenvalue weighted by molar-refractivity contribution is -0.139. The highest BCUT2D eigenvalue weighted by atomic mass is 16.4. The lowest BCUT2D eigenvalue weighted by Crippen LogP contribution is -2.08. The van der Waals surface area contributed by atoms with E-state index in [0.29, 0.717) is 6.42 Å². The fourth-order valence-corrected chi connectivity index (χ4v) is 0.493. The van der Waals surface area contributed by atoms with Crippen LogP contribution in [-0.4, -0.2) is 11.1 Å². The van der Waals surface area contributed by atoms with Gasteiger partial charge in [-0.3, -0.25) is 4.79 Å². The molecule has 0 aromatic carbocycles. The maximum absolute atomic E-state index is 10.3. The van der Waals surface area contributed by atoms with E-state index in [4.69, 9.17) is 11.7 Å². The number of carboxylic acid groups (broad SMARTS) is 1. The van der Waals surface area contributed by atoms with Gasteiger partial charge in [-0.15, -0.1) is 12.3 Å². The van der Waals surface area contributed by atoms with Crippen molar-refractivity contribution in [2.24, 2.45) is 5.92 Å². The van der Waals surface area contributed by atoms with Gasteiger partial charge in [0, 0.05) is 0 Å². The van der Waals surface area contributed by atoms with Crippen LogP contribution in [0.15, 0.2) is 24.5 Å². The molecule has 0 aromatic rings. The van der Waals surface area contributed by atoms with Crippen molar-refractivity contribution in [1.29, 1.82) is 0 Å². The van der Waals surface area contributed by atoms with E-state index < -0.39 is 11.9 Å². The Morgan fingerprint density at radius 1 is 1.90 bits per heavy atom. The van der Waals surface area contributed by atoms with Gasteiger partial charge in [-0.2, -0.15) is 0 Å². The zero-order chi connectivity index (χ0) is 7.98. The van der Waals surface area contributed by atoms with Crippen LogP contribution in [0, 0.1) is 12.5 Å². The Labute approximate surface area is 60.2 Å². The average Bonchev–Trinajstić information content (AvgIpc) is 1.89. The third-order valence-electron chi connectivity index (χ3n) is 1.09. The Balaban J connectivity index is 3.95. The van der Waals surface area contributed by atoms with Crippen molar-refractivity contribution in [1.82, 2.24) is 0 Å². The van der Waals surface area contributed by atoms with Crippen molar-refractivity contribution in [3.05, 3.63) is 31.0 Å². The summed E-state index contributed by atoms with van der Waals surface area (Å²) in [5, 5.41) is 8.44. The Bertz CT molecular complexity index is 176. The molecule has 0 heterocycles. The molecule has 0 aliphatic heterocycles. The van der Waals surface area contributed by atoms with E-state index in [9.17, 15) is 4.79 Å². The standard InChI is InChI=1S/C8H9O2/c1-3-5-6-7(4-2)8(9)10/h1,4-5,7H,2,6H2,(H,9,10). The minimum atomic E-state index is -0.887. The summed E-state index contributed by atoms with van der Waals surface area (Å²) in [7, 11) is 0.